The maximum absolute atomic E-state index is 11.3. The maximum atomic E-state index is 11.3. The first-order chi connectivity index (χ1) is 7.63. The number of esters is 2. The number of methoxy groups -OCH3 is 2. The molecule has 0 aromatic heterocycles. The molecule has 2 N–H and O–H groups in total. The summed E-state index contributed by atoms with van der Waals surface area (Å²) in [5.74, 6) is -0.942. The number of hydrogen-bond donors (Lipinski definition) is 1. The van der Waals surface area contributed by atoms with Gasteiger partial charge in [-0.2, -0.15) is 0 Å². The topological polar surface area (TPSA) is 78.6 Å². The van der Waals surface area contributed by atoms with Crippen molar-refractivity contribution in [3.8, 4) is 0 Å². The molecule has 86 valence electrons. The van der Waals surface area contributed by atoms with E-state index in [0.717, 1.165) is 0 Å². The molecule has 0 heterocycles. The molecule has 5 nitrogen and oxygen atoms in total. The minimum Gasteiger partial charge on any atom is -0.465 e. The van der Waals surface area contributed by atoms with Gasteiger partial charge in [0.05, 0.1) is 25.3 Å². The van der Waals surface area contributed by atoms with Crippen LogP contribution in [0.25, 0.3) is 0 Å². The Labute approximate surface area is 93.1 Å². The summed E-state index contributed by atoms with van der Waals surface area (Å²) in [5.41, 5.74) is 6.76. The largest absolute Gasteiger partial charge is 0.465 e. The van der Waals surface area contributed by atoms with E-state index in [4.69, 9.17) is 5.73 Å². The van der Waals surface area contributed by atoms with Crippen LogP contribution >= 0.6 is 0 Å². The summed E-state index contributed by atoms with van der Waals surface area (Å²) < 4.78 is 9.16. The molecule has 0 saturated carbocycles. The van der Waals surface area contributed by atoms with Crippen molar-refractivity contribution in [3.63, 3.8) is 0 Å². The lowest BCUT2D eigenvalue weighted by Crippen LogP contribution is -2.11. The summed E-state index contributed by atoms with van der Waals surface area (Å²) in [5, 5.41) is 0. The standard InChI is InChI=1S/C11H13NO4/c1-15-10(13)7-3-4-9(11(14)16-2)8(5-7)6-12/h3-5H,6,12H2,1-2H3. The van der Waals surface area contributed by atoms with Crippen LogP contribution in [0.15, 0.2) is 18.2 Å². The molecule has 0 saturated heterocycles. The minimum atomic E-state index is -0.475. The Balaban J connectivity index is 3.16. The molecular weight excluding hydrogens is 210 g/mol. The van der Waals surface area contributed by atoms with E-state index < -0.39 is 11.9 Å². The summed E-state index contributed by atoms with van der Waals surface area (Å²) in [7, 11) is 2.58. The fraction of sp³-hybridized carbons (Fsp3) is 0.273. The Morgan fingerprint density at radius 1 is 1.19 bits per heavy atom. The second-order valence-corrected chi connectivity index (χ2v) is 3.06. The summed E-state index contributed by atoms with van der Waals surface area (Å²) in [6, 6.07) is 4.52. The van der Waals surface area contributed by atoms with Crippen LogP contribution in [0.2, 0.25) is 0 Å². The molecule has 0 radical (unpaired) electrons. The minimum absolute atomic E-state index is 0.148. The molecule has 0 atom stereocenters. The fourth-order valence-electron chi connectivity index (χ4n) is 1.32. The molecular formula is C11H13NO4. The maximum Gasteiger partial charge on any atom is 0.338 e. The second-order valence-electron chi connectivity index (χ2n) is 3.06. The highest BCUT2D eigenvalue weighted by Crippen LogP contribution is 2.13. The van der Waals surface area contributed by atoms with Crippen molar-refractivity contribution in [2.24, 2.45) is 5.73 Å². The molecule has 0 aliphatic heterocycles. The van der Waals surface area contributed by atoms with Gasteiger partial charge in [0.25, 0.3) is 0 Å². The van der Waals surface area contributed by atoms with Crippen LogP contribution in [0.5, 0.6) is 0 Å². The molecule has 0 aliphatic carbocycles. The van der Waals surface area contributed by atoms with Crippen LogP contribution in [0.1, 0.15) is 26.3 Å². The van der Waals surface area contributed by atoms with Gasteiger partial charge in [0.2, 0.25) is 0 Å². The first kappa shape index (κ1) is 12.2. The first-order valence-corrected chi connectivity index (χ1v) is 4.63. The smallest absolute Gasteiger partial charge is 0.338 e. The van der Waals surface area contributed by atoms with E-state index in [1.165, 1.54) is 32.4 Å². The number of nitrogens with two attached hydrogens (primary N) is 1. The van der Waals surface area contributed by atoms with Crippen LogP contribution in [0.3, 0.4) is 0 Å². The van der Waals surface area contributed by atoms with E-state index in [9.17, 15) is 9.59 Å². The number of carbonyl (C=O) groups excluding carboxylic acids is 2. The van der Waals surface area contributed by atoms with Gasteiger partial charge >= 0.3 is 11.9 Å². The lowest BCUT2D eigenvalue weighted by atomic mass is 10.0. The normalized spacial score (nSPS) is 9.69. The highest BCUT2D eigenvalue weighted by Gasteiger charge is 2.14. The van der Waals surface area contributed by atoms with Crippen molar-refractivity contribution in [1.29, 1.82) is 0 Å². The number of carbonyl (C=O) groups is 2. The van der Waals surface area contributed by atoms with Gasteiger partial charge in [0.15, 0.2) is 0 Å². The monoisotopic (exact) mass is 223 g/mol. The molecule has 1 aromatic carbocycles. The van der Waals surface area contributed by atoms with Crippen molar-refractivity contribution < 1.29 is 19.1 Å². The molecule has 0 bridgehead atoms. The van der Waals surface area contributed by atoms with Crippen molar-refractivity contribution in [2.75, 3.05) is 14.2 Å². The average molecular weight is 223 g/mol. The van der Waals surface area contributed by atoms with Gasteiger partial charge in [-0.25, -0.2) is 9.59 Å². The molecule has 0 fully saturated rings. The van der Waals surface area contributed by atoms with Gasteiger partial charge in [-0.15, -0.1) is 0 Å². The highest BCUT2D eigenvalue weighted by atomic mass is 16.5. The lowest BCUT2D eigenvalue weighted by molar-refractivity contribution is 0.0585. The summed E-state index contributed by atoms with van der Waals surface area (Å²) in [6.45, 7) is 0.148. The van der Waals surface area contributed by atoms with Crippen molar-refractivity contribution in [3.05, 3.63) is 34.9 Å². The molecule has 0 aliphatic rings. The third-order valence-electron chi connectivity index (χ3n) is 2.15. The van der Waals surface area contributed by atoms with E-state index >= 15 is 0 Å². The van der Waals surface area contributed by atoms with E-state index in [-0.39, 0.29) is 6.54 Å². The third kappa shape index (κ3) is 2.38. The zero-order chi connectivity index (χ0) is 12.1. The Kier molecular flexibility index (Phi) is 4.02. The predicted octanol–water partition coefficient (Wildman–Crippen LogP) is 0.719. The number of benzene rings is 1. The Bertz CT molecular complexity index is 414. The Morgan fingerprint density at radius 3 is 2.31 bits per heavy atom. The molecule has 0 unspecified atom stereocenters. The first-order valence-electron chi connectivity index (χ1n) is 4.63. The van der Waals surface area contributed by atoms with Crippen molar-refractivity contribution in [1.82, 2.24) is 0 Å². The van der Waals surface area contributed by atoms with Crippen LogP contribution in [-0.4, -0.2) is 26.2 Å². The van der Waals surface area contributed by atoms with Gasteiger partial charge in [0.1, 0.15) is 0 Å². The molecule has 1 rings (SSSR count). The van der Waals surface area contributed by atoms with E-state index in [2.05, 4.69) is 9.47 Å². The van der Waals surface area contributed by atoms with E-state index in [0.29, 0.717) is 16.7 Å². The molecule has 0 amide bonds. The second kappa shape index (κ2) is 5.27. The molecule has 16 heavy (non-hydrogen) atoms. The van der Waals surface area contributed by atoms with Crippen LogP contribution < -0.4 is 5.73 Å². The quantitative estimate of drug-likeness (QED) is 0.764. The third-order valence-corrected chi connectivity index (χ3v) is 2.15. The number of hydrogen-bond acceptors (Lipinski definition) is 5. The molecule has 5 heteroatoms. The summed E-state index contributed by atoms with van der Waals surface area (Å²) in [4.78, 5) is 22.6. The van der Waals surface area contributed by atoms with Gasteiger partial charge in [-0.1, -0.05) is 0 Å². The van der Waals surface area contributed by atoms with E-state index in [1.54, 1.807) is 0 Å². The Morgan fingerprint density at radius 2 is 1.81 bits per heavy atom. The van der Waals surface area contributed by atoms with Crippen molar-refractivity contribution >= 4 is 11.9 Å². The van der Waals surface area contributed by atoms with Crippen LogP contribution in [0, 0.1) is 0 Å². The van der Waals surface area contributed by atoms with Gasteiger partial charge < -0.3 is 15.2 Å². The van der Waals surface area contributed by atoms with E-state index in [1.807, 2.05) is 0 Å². The van der Waals surface area contributed by atoms with Crippen LogP contribution in [0.4, 0.5) is 0 Å². The number of rotatable bonds is 3. The van der Waals surface area contributed by atoms with Gasteiger partial charge in [-0.3, -0.25) is 0 Å². The zero-order valence-electron chi connectivity index (χ0n) is 9.15. The number of ether oxygens (including phenoxy) is 2. The average Bonchev–Trinajstić information content (AvgIpc) is 2.35. The summed E-state index contributed by atoms with van der Waals surface area (Å²) in [6.07, 6.45) is 0. The predicted molar refractivity (Wildman–Crippen MR) is 57.0 cm³/mol. The zero-order valence-corrected chi connectivity index (χ0v) is 9.15. The molecule has 0 spiro atoms. The SMILES string of the molecule is COC(=O)c1ccc(C(=O)OC)c(CN)c1. The highest BCUT2D eigenvalue weighted by molar-refractivity contribution is 5.94. The lowest BCUT2D eigenvalue weighted by Gasteiger charge is -2.07. The van der Waals surface area contributed by atoms with Gasteiger partial charge in [0, 0.05) is 6.54 Å². The molecule has 1 aromatic rings. The Hall–Kier alpha value is -1.88. The summed E-state index contributed by atoms with van der Waals surface area (Å²) >= 11 is 0. The van der Waals surface area contributed by atoms with Crippen molar-refractivity contribution in [2.45, 2.75) is 6.54 Å². The van der Waals surface area contributed by atoms with Crippen LogP contribution in [-0.2, 0) is 16.0 Å². The fourth-order valence-corrected chi connectivity index (χ4v) is 1.32. The van der Waals surface area contributed by atoms with Gasteiger partial charge in [-0.05, 0) is 23.8 Å².